The molecule has 1 fully saturated rings. The second-order valence-electron chi connectivity index (χ2n) is 5.61. The molecule has 1 aliphatic rings. The molecule has 2 rings (SSSR count). The zero-order valence-corrected chi connectivity index (χ0v) is 12.4. The number of likely N-dealkylation sites (tertiary alicyclic amines) is 1. The van der Waals surface area contributed by atoms with Gasteiger partial charge in [-0.25, -0.2) is 4.98 Å². The molecule has 1 aromatic heterocycles. The van der Waals surface area contributed by atoms with Crippen molar-refractivity contribution in [2.24, 2.45) is 0 Å². The number of imidazole rings is 1. The Bertz CT molecular complexity index is 391. The molecule has 0 unspecified atom stereocenters. The van der Waals surface area contributed by atoms with Gasteiger partial charge >= 0.3 is 0 Å². The Morgan fingerprint density at radius 3 is 3.20 bits per heavy atom. The molecule has 1 saturated heterocycles. The number of rotatable bonds is 7. The van der Waals surface area contributed by atoms with Crippen molar-refractivity contribution < 1.29 is 4.79 Å². The third-order valence-electron chi connectivity index (χ3n) is 3.88. The van der Waals surface area contributed by atoms with Crippen LogP contribution in [-0.4, -0.2) is 47.0 Å². The van der Waals surface area contributed by atoms with Gasteiger partial charge in [-0.05, 0) is 25.8 Å². The lowest BCUT2D eigenvalue weighted by molar-refractivity contribution is -0.122. The number of aromatic nitrogens is 2. The van der Waals surface area contributed by atoms with E-state index in [0.29, 0.717) is 12.5 Å². The molecule has 5 heteroatoms. The summed E-state index contributed by atoms with van der Waals surface area (Å²) in [5, 5.41) is 3.01. The molecule has 0 aliphatic carbocycles. The maximum Gasteiger partial charge on any atom is 0.234 e. The van der Waals surface area contributed by atoms with Crippen LogP contribution in [0.25, 0.3) is 0 Å². The summed E-state index contributed by atoms with van der Waals surface area (Å²) in [6.45, 7) is 5.44. The van der Waals surface area contributed by atoms with E-state index in [1.165, 1.54) is 12.8 Å². The minimum absolute atomic E-state index is 0.154. The number of carbonyl (C=O) groups excluding carboxylic acids is 1. The van der Waals surface area contributed by atoms with Gasteiger partial charge in [0.05, 0.1) is 6.54 Å². The Morgan fingerprint density at radius 2 is 2.45 bits per heavy atom. The molecule has 0 radical (unpaired) electrons. The summed E-state index contributed by atoms with van der Waals surface area (Å²) < 4.78 is 0. The van der Waals surface area contributed by atoms with Gasteiger partial charge in [0.1, 0.15) is 5.82 Å². The first-order valence-electron chi connectivity index (χ1n) is 7.78. The van der Waals surface area contributed by atoms with E-state index in [4.69, 9.17) is 0 Å². The molecule has 112 valence electrons. The van der Waals surface area contributed by atoms with Gasteiger partial charge in [-0.3, -0.25) is 9.69 Å². The second-order valence-corrected chi connectivity index (χ2v) is 5.61. The highest BCUT2D eigenvalue weighted by Gasteiger charge is 2.24. The van der Waals surface area contributed by atoms with E-state index in [9.17, 15) is 4.79 Å². The molecule has 0 saturated carbocycles. The van der Waals surface area contributed by atoms with E-state index in [0.717, 1.165) is 44.7 Å². The van der Waals surface area contributed by atoms with E-state index in [-0.39, 0.29) is 5.91 Å². The Labute approximate surface area is 121 Å². The Balaban J connectivity index is 1.71. The predicted molar refractivity (Wildman–Crippen MR) is 79.5 cm³/mol. The van der Waals surface area contributed by atoms with Crippen LogP contribution < -0.4 is 5.32 Å². The van der Waals surface area contributed by atoms with Crippen LogP contribution in [0.5, 0.6) is 0 Å². The van der Waals surface area contributed by atoms with Gasteiger partial charge in [-0.15, -0.1) is 0 Å². The second kappa shape index (κ2) is 8.04. The number of nitrogens with zero attached hydrogens (tertiary/aromatic N) is 2. The van der Waals surface area contributed by atoms with Crippen molar-refractivity contribution in [1.29, 1.82) is 0 Å². The monoisotopic (exact) mass is 278 g/mol. The normalized spacial score (nSPS) is 19.9. The van der Waals surface area contributed by atoms with Gasteiger partial charge in [-0.1, -0.05) is 19.8 Å². The Kier molecular flexibility index (Phi) is 6.05. The molecule has 2 N–H and O–H groups in total. The summed E-state index contributed by atoms with van der Waals surface area (Å²) in [5.74, 6) is 1.64. The van der Waals surface area contributed by atoms with Crippen molar-refractivity contribution >= 4 is 5.91 Å². The maximum atomic E-state index is 11.9. The molecule has 1 aromatic rings. The third kappa shape index (κ3) is 4.63. The van der Waals surface area contributed by atoms with Crippen molar-refractivity contribution in [3.63, 3.8) is 0 Å². The van der Waals surface area contributed by atoms with Crippen LogP contribution in [0.3, 0.4) is 0 Å². The van der Waals surface area contributed by atoms with Crippen molar-refractivity contribution in [2.75, 3.05) is 26.2 Å². The minimum atomic E-state index is 0.154. The van der Waals surface area contributed by atoms with Gasteiger partial charge in [0.15, 0.2) is 0 Å². The van der Waals surface area contributed by atoms with Gasteiger partial charge in [-0.2, -0.15) is 0 Å². The third-order valence-corrected chi connectivity index (χ3v) is 3.88. The predicted octanol–water partition coefficient (Wildman–Crippen LogP) is 1.90. The fraction of sp³-hybridized carbons (Fsp3) is 0.733. The lowest BCUT2D eigenvalue weighted by Crippen LogP contribution is -2.42. The highest BCUT2D eigenvalue weighted by Crippen LogP contribution is 2.23. The SMILES string of the molecule is CCCCCNC(=O)CN1CCC[C@H](c2ncc[nH]2)C1. The average Bonchev–Trinajstić information content (AvgIpc) is 2.98. The van der Waals surface area contributed by atoms with Gasteiger partial charge in [0.25, 0.3) is 0 Å². The highest BCUT2D eigenvalue weighted by atomic mass is 16.2. The van der Waals surface area contributed by atoms with Crippen LogP contribution >= 0.6 is 0 Å². The fourth-order valence-electron chi connectivity index (χ4n) is 2.78. The fourth-order valence-corrected chi connectivity index (χ4v) is 2.78. The first kappa shape index (κ1) is 15.0. The number of H-pyrrole nitrogens is 1. The van der Waals surface area contributed by atoms with Crippen LogP contribution in [0.1, 0.15) is 50.8 Å². The van der Waals surface area contributed by atoms with Crippen LogP contribution in [0.2, 0.25) is 0 Å². The first-order chi connectivity index (χ1) is 9.79. The number of aromatic amines is 1. The molecule has 0 spiro atoms. The lowest BCUT2D eigenvalue weighted by atomic mass is 9.97. The van der Waals surface area contributed by atoms with Crippen LogP contribution in [0, 0.1) is 0 Å². The van der Waals surface area contributed by atoms with Gasteiger partial charge in [0.2, 0.25) is 5.91 Å². The van der Waals surface area contributed by atoms with Gasteiger partial charge < -0.3 is 10.3 Å². The number of amides is 1. The number of unbranched alkanes of at least 4 members (excludes halogenated alkanes) is 2. The summed E-state index contributed by atoms with van der Waals surface area (Å²) in [5.41, 5.74) is 0. The quantitative estimate of drug-likeness (QED) is 0.749. The smallest absolute Gasteiger partial charge is 0.234 e. The zero-order chi connectivity index (χ0) is 14.2. The molecule has 1 aliphatic heterocycles. The van der Waals surface area contributed by atoms with Crippen molar-refractivity contribution in [2.45, 2.75) is 44.9 Å². The number of nitrogens with one attached hydrogen (secondary N) is 2. The van der Waals surface area contributed by atoms with E-state index in [1.807, 2.05) is 6.20 Å². The van der Waals surface area contributed by atoms with Crippen molar-refractivity contribution in [3.8, 4) is 0 Å². The molecule has 1 atom stereocenters. The summed E-state index contributed by atoms with van der Waals surface area (Å²) in [6, 6.07) is 0. The largest absolute Gasteiger partial charge is 0.355 e. The van der Waals surface area contributed by atoms with Crippen LogP contribution in [0.4, 0.5) is 0 Å². The Morgan fingerprint density at radius 1 is 1.55 bits per heavy atom. The van der Waals surface area contributed by atoms with Gasteiger partial charge in [0, 0.05) is 31.4 Å². The molecule has 5 nitrogen and oxygen atoms in total. The standard InChI is InChI=1S/C15H26N4O/c1-2-3-4-7-16-14(20)12-19-10-5-6-13(11-19)15-17-8-9-18-15/h8-9,13H,2-7,10-12H2,1H3,(H,16,20)(H,17,18)/t13-/m0/s1. The molecular weight excluding hydrogens is 252 g/mol. The highest BCUT2D eigenvalue weighted by molar-refractivity contribution is 5.77. The summed E-state index contributed by atoms with van der Waals surface area (Å²) in [7, 11) is 0. The number of hydrogen-bond acceptors (Lipinski definition) is 3. The number of piperidine rings is 1. The zero-order valence-electron chi connectivity index (χ0n) is 12.4. The summed E-state index contributed by atoms with van der Waals surface area (Å²) in [6.07, 6.45) is 9.41. The Hall–Kier alpha value is -1.36. The molecular formula is C15H26N4O. The molecule has 0 aromatic carbocycles. The van der Waals surface area contributed by atoms with E-state index in [1.54, 1.807) is 6.20 Å². The molecule has 20 heavy (non-hydrogen) atoms. The van der Waals surface area contributed by atoms with Crippen LogP contribution in [0.15, 0.2) is 12.4 Å². The molecule has 1 amide bonds. The van der Waals surface area contributed by atoms with E-state index >= 15 is 0 Å². The molecule has 0 bridgehead atoms. The number of carbonyl (C=O) groups is 1. The van der Waals surface area contributed by atoms with E-state index in [2.05, 4.69) is 27.1 Å². The van der Waals surface area contributed by atoms with Crippen LogP contribution in [-0.2, 0) is 4.79 Å². The van der Waals surface area contributed by atoms with E-state index < -0.39 is 0 Å². The lowest BCUT2D eigenvalue weighted by Gasteiger charge is -2.31. The first-order valence-corrected chi connectivity index (χ1v) is 7.78. The maximum absolute atomic E-state index is 11.9. The molecule has 2 heterocycles. The minimum Gasteiger partial charge on any atom is -0.355 e. The van der Waals surface area contributed by atoms with Crippen molar-refractivity contribution in [3.05, 3.63) is 18.2 Å². The number of hydrogen-bond donors (Lipinski definition) is 2. The average molecular weight is 278 g/mol. The summed E-state index contributed by atoms with van der Waals surface area (Å²) >= 11 is 0. The summed E-state index contributed by atoms with van der Waals surface area (Å²) in [4.78, 5) is 21.7. The topological polar surface area (TPSA) is 61.0 Å². The van der Waals surface area contributed by atoms with Crippen molar-refractivity contribution in [1.82, 2.24) is 20.2 Å².